The molecule has 0 fully saturated rings. The van der Waals surface area contributed by atoms with Crippen LogP contribution in [0.15, 0.2) is 66.7 Å². The zero-order valence-corrected chi connectivity index (χ0v) is 15.1. The van der Waals surface area contributed by atoms with Crippen molar-refractivity contribution in [3.8, 4) is 0 Å². The smallest absolute Gasteiger partial charge is 0.0641 e. The molecule has 5 rings (SSSR count). The first-order valence-corrected chi connectivity index (χ1v) is 9.38. The summed E-state index contributed by atoms with van der Waals surface area (Å²) in [4.78, 5) is 0. The van der Waals surface area contributed by atoms with Crippen LogP contribution >= 0.6 is 23.2 Å². The first-order chi connectivity index (χ1) is 12.2. The van der Waals surface area contributed by atoms with Gasteiger partial charge in [-0.05, 0) is 40.8 Å². The van der Waals surface area contributed by atoms with E-state index in [1.165, 1.54) is 16.3 Å². The second kappa shape index (κ2) is 5.79. The molecule has 2 aliphatic rings. The van der Waals surface area contributed by atoms with Gasteiger partial charge in [0.1, 0.15) is 0 Å². The predicted molar refractivity (Wildman–Crippen MR) is 107 cm³/mol. The van der Waals surface area contributed by atoms with E-state index in [1.54, 1.807) is 0 Å². The fraction of sp³-hybridized carbons (Fsp3) is 0.182. The van der Waals surface area contributed by atoms with Crippen LogP contribution in [0.5, 0.6) is 0 Å². The van der Waals surface area contributed by atoms with E-state index in [2.05, 4.69) is 59.9 Å². The molecule has 1 aliphatic heterocycles. The van der Waals surface area contributed by atoms with Gasteiger partial charge >= 0.3 is 0 Å². The minimum Gasteiger partial charge on any atom is -0.376 e. The Hall–Kier alpha value is -1.96. The second-order valence-electron chi connectivity index (χ2n) is 6.86. The summed E-state index contributed by atoms with van der Waals surface area (Å²) in [5.41, 5.74) is 3.46. The van der Waals surface area contributed by atoms with Crippen LogP contribution in [0.3, 0.4) is 0 Å². The Labute approximate surface area is 157 Å². The highest BCUT2D eigenvalue weighted by Gasteiger charge is 2.40. The molecule has 1 N–H and O–H groups in total. The number of nitrogens with one attached hydrogen (secondary N) is 1. The molecule has 25 heavy (non-hydrogen) atoms. The SMILES string of the molecule is Clc1ccc(Cl)c2c1NC(c1cccc3ccccc13)C1CC=CC21. The topological polar surface area (TPSA) is 12.0 Å². The second-order valence-corrected chi connectivity index (χ2v) is 7.68. The third kappa shape index (κ3) is 2.30. The molecule has 3 heteroatoms. The summed E-state index contributed by atoms with van der Waals surface area (Å²) in [6.45, 7) is 0. The average Bonchev–Trinajstić information content (AvgIpc) is 3.13. The number of anilines is 1. The van der Waals surface area contributed by atoms with Crippen molar-refractivity contribution in [3.05, 3.63) is 87.9 Å². The molecule has 1 nitrogen and oxygen atoms in total. The van der Waals surface area contributed by atoms with E-state index >= 15 is 0 Å². The predicted octanol–water partition coefficient (Wildman–Crippen LogP) is 6.97. The fourth-order valence-electron chi connectivity index (χ4n) is 4.46. The highest BCUT2D eigenvalue weighted by Crippen LogP contribution is 2.54. The van der Waals surface area contributed by atoms with Crippen LogP contribution in [0.1, 0.15) is 29.5 Å². The molecule has 124 valence electrons. The van der Waals surface area contributed by atoms with E-state index in [-0.39, 0.29) is 6.04 Å². The van der Waals surface area contributed by atoms with Gasteiger partial charge in [0.15, 0.2) is 0 Å². The van der Waals surface area contributed by atoms with Gasteiger partial charge in [-0.2, -0.15) is 0 Å². The van der Waals surface area contributed by atoms with E-state index in [9.17, 15) is 0 Å². The Kier molecular flexibility index (Phi) is 3.55. The van der Waals surface area contributed by atoms with Crippen molar-refractivity contribution < 1.29 is 0 Å². The minimum absolute atomic E-state index is 0.217. The van der Waals surface area contributed by atoms with Gasteiger partial charge in [0.05, 0.1) is 16.8 Å². The van der Waals surface area contributed by atoms with Crippen LogP contribution < -0.4 is 5.32 Å². The maximum Gasteiger partial charge on any atom is 0.0641 e. The third-order valence-corrected chi connectivity index (χ3v) is 6.22. The van der Waals surface area contributed by atoms with E-state index < -0.39 is 0 Å². The number of halogens is 2. The maximum absolute atomic E-state index is 6.54. The highest BCUT2D eigenvalue weighted by atomic mass is 35.5. The zero-order chi connectivity index (χ0) is 17.0. The Morgan fingerprint density at radius 3 is 2.60 bits per heavy atom. The molecule has 0 aromatic heterocycles. The quantitative estimate of drug-likeness (QED) is 0.459. The molecule has 3 aromatic carbocycles. The maximum atomic E-state index is 6.54. The first kappa shape index (κ1) is 15.3. The normalized spacial score (nSPS) is 24.0. The van der Waals surface area contributed by atoms with Gasteiger partial charge in [0.25, 0.3) is 0 Å². The lowest BCUT2D eigenvalue weighted by atomic mass is 9.76. The largest absolute Gasteiger partial charge is 0.376 e. The van der Waals surface area contributed by atoms with Crippen molar-refractivity contribution in [2.24, 2.45) is 5.92 Å². The number of hydrogen-bond donors (Lipinski definition) is 1. The summed E-state index contributed by atoms with van der Waals surface area (Å²) >= 11 is 13.1. The lowest BCUT2D eigenvalue weighted by molar-refractivity contribution is 0.427. The Morgan fingerprint density at radius 2 is 1.68 bits per heavy atom. The highest BCUT2D eigenvalue weighted by molar-refractivity contribution is 6.36. The molecule has 1 aliphatic carbocycles. The molecule has 0 spiro atoms. The minimum atomic E-state index is 0.217. The fourth-order valence-corrected chi connectivity index (χ4v) is 4.96. The van der Waals surface area contributed by atoms with Crippen LogP contribution in [-0.2, 0) is 0 Å². The summed E-state index contributed by atoms with van der Waals surface area (Å²) in [5, 5.41) is 7.84. The van der Waals surface area contributed by atoms with Gasteiger partial charge in [0, 0.05) is 16.5 Å². The average molecular weight is 366 g/mol. The number of hydrogen-bond acceptors (Lipinski definition) is 1. The van der Waals surface area contributed by atoms with Crippen molar-refractivity contribution in [2.45, 2.75) is 18.4 Å². The molecule has 3 atom stereocenters. The number of rotatable bonds is 1. The van der Waals surface area contributed by atoms with Crippen LogP contribution in [0, 0.1) is 5.92 Å². The van der Waals surface area contributed by atoms with E-state index in [1.807, 2.05) is 12.1 Å². The summed E-state index contributed by atoms with van der Waals surface area (Å²) in [6, 6.07) is 19.1. The molecular formula is C22H17Cl2N. The number of benzene rings is 3. The monoisotopic (exact) mass is 365 g/mol. The number of fused-ring (bicyclic) bond motifs is 4. The lowest BCUT2D eigenvalue weighted by Gasteiger charge is -2.38. The van der Waals surface area contributed by atoms with Gasteiger partial charge < -0.3 is 5.32 Å². The molecule has 0 saturated carbocycles. The third-order valence-electron chi connectivity index (χ3n) is 5.57. The Morgan fingerprint density at radius 1 is 0.880 bits per heavy atom. The van der Waals surface area contributed by atoms with Gasteiger partial charge in [-0.1, -0.05) is 77.8 Å². The molecule has 1 heterocycles. The summed E-state index contributed by atoms with van der Waals surface area (Å²) < 4.78 is 0. The first-order valence-electron chi connectivity index (χ1n) is 8.63. The summed E-state index contributed by atoms with van der Waals surface area (Å²) in [6.07, 6.45) is 5.62. The van der Waals surface area contributed by atoms with Crippen LogP contribution in [0.25, 0.3) is 10.8 Å². The van der Waals surface area contributed by atoms with E-state index in [0.29, 0.717) is 11.8 Å². The van der Waals surface area contributed by atoms with Gasteiger partial charge in [-0.15, -0.1) is 0 Å². The van der Waals surface area contributed by atoms with Crippen molar-refractivity contribution in [2.75, 3.05) is 5.32 Å². The standard InChI is InChI=1S/C22H17Cl2N/c23-18-11-12-19(24)22-20(18)15-8-4-10-17(15)21(25-22)16-9-3-6-13-5-1-2-7-14(13)16/h1-9,11-12,15,17,21,25H,10H2. The molecule has 0 radical (unpaired) electrons. The van der Waals surface area contributed by atoms with Crippen molar-refractivity contribution in [1.82, 2.24) is 0 Å². The van der Waals surface area contributed by atoms with Crippen LogP contribution in [0.4, 0.5) is 5.69 Å². The molecule has 0 saturated heterocycles. The van der Waals surface area contributed by atoms with Crippen molar-refractivity contribution in [3.63, 3.8) is 0 Å². The van der Waals surface area contributed by atoms with E-state index in [0.717, 1.165) is 27.7 Å². The molecule has 0 amide bonds. The number of allylic oxidation sites excluding steroid dienone is 2. The summed E-state index contributed by atoms with van der Waals surface area (Å²) in [5.74, 6) is 0.765. The lowest BCUT2D eigenvalue weighted by Crippen LogP contribution is -2.29. The van der Waals surface area contributed by atoms with Crippen LogP contribution in [-0.4, -0.2) is 0 Å². The van der Waals surface area contributed by atoms with Crippen molar-refractivity contribution >= 4 is 39.7 Å². The Bertz CT molecular complexity index is 1000. The molecule has 3 aromatic rings. The summed E-state index contributed by atoms with van der Waals surface area (Å²) in [7, 11) is 0. The molecule has 3 unspecified atom stereocenters. The zero-order valence-electron chi connectivity index (χ0n) is 13.5. The molecule has 0 bridgehead atoms. The Balaban J connectivity index is 1.72. The van der Waals surface area contributed by atoms with Crippen molar-refractivity contribution in [1.29, 1.82) is 0 Å². The van der Waals surface area contributed by atoms with Gasteiger partial charge in [0.2, 0.25) is 0 Å². The van der Waals surface area contributed by atoms with Gasteiger partial charge in [-0.3, -0.25) is 0 Å². The van der Waals surface area contributed by atoms with E-state index in [4.69, 9.17) is 23.2 Å². The van der Waals surface area contributed by atoms with Crippen LogP contribution in [0.2, 0.25) is 10.0 Å². The molecular weight excluding hydrogens is 349 g/mol. The van der Waals surface area contributed by atoms with Gasteiger partial charge in [-0.25, -0.2) is 0 Å².